The normalized spacial score (nSPS) is 20.0. The zero-order valence-corrected chi connectivity index (χ0v) is 13.1. The third-order valence-corrected chi connectivity index (χ3v) is 3.59. The second kappa shape index (κ2) is 8.22. The molecule has 1 saturated heterocycles. The average molecular weight is 295 g/mol. The molecule has 0 spiro atoms. The van der Waals surface area contributed by atoms with Gasteiger partial charge in [0.25, 0.3) is 0 Å². The van der Waals surface area contributed by atoms with Gasteiger partial charge in [-0.2, -0.15) is 0 Å². The molecular formula is C16H25NO4. The van der Waals surface area contributed by atoms with Gasteiger partial charge in [0.05, 0.1) is 40.1 Å². The summed E-state index contributed by atoms with van der Waals surface area (Å²) in [5.74, 6) is 1.46. The molecule has 0 saturated carbocycles. The van der Waals surface area contributed by atoms with Crippen LogP contribution in [-0.2, 0) is 9.47 Å². The second-order valence-corrected chi connectivity index (χ2v) is 5.03. The van der Waals surface area contributed by atoms with Crippen molar-refractivity contribution in [3.05, 3.63) is 23.8 Å². The Kier molecular flexibility index (Phi) is 6.29. The minimum atomic E-state index is 0.0170. The molecule has 1 aromatic carbocycles. The summed E-state index contributed by atoms with van der Waals surface area (Å²) in [5, 5.41) is 3.54. The molecule has 1 fully saturated rings. The van der Waals surface area contributed by atoms with Crippen LogP contribution in [0.2, 0.25) is 0 Å². The topological polar surface area (TPSA) is 49.0 Å². The lowest BCUT2D eigenvalue weighted by molar-refractivity contribution is -0.102. The summed E-state index contributed by atoms with van der Waals surface area (Å²) in [7, 11) is 3.29. The van der Waals surface area contributed by atoms with E-state index in [1.54, 1.807) is 14.2 Å². The van der Waals surface area contributed by atoms with Crippen LogP contribution in [-0.4, -0.2) is 46.7 Å². The van der Waals surface area contributed by atoms with Crippen LogP contribution in [0.25, 0.3) is 0 Å². The van der Waals surface area contributed by atoms with Crippen molar-refractivity contribution in [3.8, 4) is 11.5 Å². The number of rotatable bonds is 7. The molecule has 1 heterocycles. The van der Waals surface area contributed by atoms with E-state index in [1.165, 1.54) is 0 Å². The lowest BCUT2D eigenvalue weighted by Gasteiger charge is -2.31. The fraction of sp³-hybridized carbons (Fsp3) is 0.625. The van der Waals surface area contributed by atoms with Crippen molar-refractivity contribution < 1.29 is 18.9 Å². The lowest BCUT2D eigenvalue weighted by Crippen LogP contribution is -2.40. The van der Waals surface area contributed by atoms with Crippen LogP contribution in [0.15, 0.2) is 18.2 Å². The van der Waals surface area contributed by atoms with Gasteiger partial charge < -0.3 is 24.3 Å². The number of methoxy groups -OCH3 is 2. The monoisotopic (exact) mass is 295 g/mol. The maximum Gasteiger partial charge on any atom is 0.161 e. The van der Waals surface area contributed by atoms with Gasteiger partial charge in [0.2, 0.25) is 0 Å². The molecule has 0 radical (unpaired) electrons. The summed E-state index contributed by atoms with van der Waals surface area (Å²) < 4.78 is 22.1. The third kappa shape index (κ3) is 4.09. The fourth-order valence-electron chi connectivity index (χ4n) is 2.51. The van der Waals surface area contributed by atoms with E-state index in [9.17, 15) is 0 Å². The number of ether oxygens (including phenoxy) is 4. The molecule has 5 nitrogen and oxygen atoms in total. The van der Waals surface area contributed by atoms with Crippen LogP contribution < -0.4 is 14.8 Å². The Morgan fingerprint density at radius 1 is 1.24 bits per heavy atom. The number of nitrogens with one attached hydrogen (secondary N) is 1. The predicted octanol–water partition coefficient (Wildman–Crippen LogP) is 2.16. The van der Waals surface area contributed by atoms with Crippen molar-refractivity contribution in [2.24, 2.45) is 0 Å². The molecule has 2 rings (SSSR count). The van der Waals surface area contributed by atoms with Crippen LogP contribution in [0.1, 0.15) is 24.9 Å². The molecule has 0 aromatic heterocycles. The minimum Gasteiger partial charge on any atom is -0.493 e. The first-order valence-corrected chi connectivity index (χ1v) is 7.44. The molecule has 0 bridgehead atoms. The van der Waals surface area contributed by atoms with Crippen molar-refractivity contribution in [1.82, 2.24) is 5.32 Å². The summed E-state index contributed by atoms with van der Waals surface area (Å²) >= 11 is 0. The lowest BCUT2D eigenvalue weighted by atomic mass is 10.0. The molecule has 1 aliphatic heterocycles. The average Bonchev–Trinajstić information content (AvgIpc) is 2.56. The first kappa shape index (κ1) is 16.1. The van der Waals surface area contributed by atoms with Crippen molar-refractivity contribution >= 4 is 0 Å². The predicted molar refractivity (Wildman–Crippen MR) is 81.1 cm³/mol. The zero-order valence-electron chi connectivity index (χ0n) is 13.1. The van der Waals surface area contributed by atoms with Gasteiger partial charge in [-0.1, -0.05) is 13.0 Å². The maximum absolute atomic E-state index is 5.86. The van der Waals surface area contributed by atoms with E-state index < -0.39 is 0 Å². The molecule has 2 atom stereocenters. The summed E-state index contributed by atoms with van der Waals surface area (Å²) in [5.41, 5.74) is 1.12. The summed E-state index contributed by atoms with van der Waals surface area (Å²) in [6.07, 6.45) is 1.08. The highest BCUT2D eigenvalue weighted by Crippen LogP contribution is 2.32. The van der Waals surface area contributed by atoms with E-state index in [-0.39, 0.29) is 12.1 Å². The first-order chi connectivity index (χ1) is 10.3. The molecule has 21 heavy (non-hydrogen) atoms. The molecule has 1 N–H and O–H groups in total. The molecule has 5 heteroatoms. The van der Waals surface area contributed by atoms with E-state index in [0.29, 0.717) is 19.8 Å². The SMILES string of the molecule is CCCNC(c1ccc(OC)c(OC)c1)C1COCCO1. The summed E-state index contributed by atoms with van der Waals surface area (Å²) in [6, 6.07) is 6.07. The Bertz CT molecular complexity index is 432. The van der Waals surface area contributed by atoms with Crippen molar-refractivity contribution in [3.63, 3.8) is 0 Å². The molecule has 0 amide bonds. The standard InChI is InChI=1S/C16H25NO4/c1-4-7-17-16(15-11-20-8-9-21-15)12-5-6-13(18-2)14(10-12)19-3/h5-6,10,15-17H,4,7-9,11H2,1-3H3. The van der Waals surface area contributed by atoms with Gasteiger partial charge >= 0.3 is 0 Å². The van der Waals surface area contributed by atoms with E-state index in [4.69, 9.17) is 18.9 Å². The molecule has 2 unspecified atom stereocenters. The van der Waals surface area contributed by atoms with E-state index in [0.717, 1.165) is 30.0 Å². The summed E-state index contributed by atoms with van der Waals surface area (Å²) in [6.45, 7) is 5.00. The molecule has 0 aliphatic carbocycles. The van der Waals surface area contributed by atoms with E-state index in [2.05, 4.69) is 12.2 Å². The Morgan fingerprint density at radius 3 is 2.67 bits per heavy atom. The van der Waals surface area contributed by atoms with Gasteiger partial charge in [-0.05, 0) is 30.7 Å². The van der Waals surface area contributed by atoms with Crippen LogP contribution in [0.5, 0.6) is 11.5 Å². The molecule has 1 aromatic rings. The van der Waals surface area contributed by atoms with Gasteiger partial charge in [0.1, 0.15) is 6.10 Å². The van der Waals surface area contributed by atoms with Crippen molar-refractivity contribution in [2.75, 3.05) is 40.6 Å². The highest BCUT2D eigenvalue weighted by atomic mass is 16.6. The Hall–Kier alpha value is -1.30. The Labute approximate surface area is 126 Å². The second-order valence-electron chi connectivity index (χ2n) is 5.03. The quantitative estimate of drug-likeness (QED) is 0.835. The molecule has 118 valence electrons. The number of hydrogen-bond acceptors (Lipinski definition) is 5. The Morgan fingerprint density at radius 2 is 2.05 bits per heavy atom. The van der Waals surface area contributed by atoms with Gasteiger partial charge in [-0.15, -0.1) is 0 Å². The van der Waals surface area contributed by atoms with Crippen LogP contribution in [0.4, 0.5) is 0 Å². The zero-order chi connectivity index (χ0) is 15.1. The molecule has 1 aliphatic rings. The van der Waals surface area contributed by atoms with E-state index >= 15 is 0 Å². The molecular weight excluding hydrogens is 270 g/mol. The van der Waals surface area contributed by atoms with Gasteiger partial charge in [0, 0.05) is 0 Å². The minimum absolute atomic E-state index is 0.0170. The summed E-state index contributed by atoms with van der Waals surface area (Å²) in [4.78, 5) is 0. The van der Waals surface area contributed by atoms with E-state index in [1.807, 2.05) is 18.2 Å². The van der Waals surface area contributed by atoms with Crippen LogP contribution in [0.3, 0.4) is 0 Å². The Balaban J connectivity index is 2.22. The fourth-order valence-corrected chi connectivity index (χ4v) is 2.51. The highest BCUT2D eigenvalue weighted by molar-refractivity contribution is 5.44. The number of benzene rings is 1. The van der Waals surface area contributed by atoms with Crippen molar-refractivity contribution in [1.29, 1.82) is 0 Å². The maximum atomic E-state index is 5.86. The third-order valence-electron chi connectivity index (χ3n) is 3.59. The largest absolute Gasteiger partial charge is 0.493 e. The van der Waals surface area contributed by atoms with Crippen molar-refractivity contribution in [2.45, 2.75) is 25.5 Å². The van der Waals surface area contributed by atoms with Crippen LogP contribution in [0, 0.1) is 0 Å². The number of hydrogen-bond donors (Lipinski definition) is 1. The van der Waals surface area contributed by atoms with Gasteiger partial charge in [0.15, 0.2) is 11.5 Å². The first-order valence-electron chi connectivity index (χ1n) is 7.44. The van der Waals surface area contributed by atoms with Crippen LogP contribution >= 0.6 is 0 Å². The smallest absolute Gasteiger partial charge is 0.161 e. The van der Waals surface area contributed by atoms with Gasteiger partial charge in [-0.25, -0.2) is 0 Å². The van der Waals surface area contributed by atoms with Gasteiger partial charge in [-0.3, -0.25) is 0 Å². The highest BCUT2D eigenvalue weighted by Gasteiger charge is 2.26.